The summed E-state index contributed by atoms with van der Waals surface area (Å²) in [6, 6.07) is 17.3. The SMILES string of the molecule is Cc1nc(-c2ccccc2)sc1-c1ccc(=O)n(CCNS(=O)(=O)c2ccc(F)cc2)n1. The molecule has 0 fully saturated rings. The summed E-state index contributed by atoms with van der Waals surface area (Å²) in [6.07, 6.45) is 0. The van der Waals surface area contributed by atoms with Crippen molar-refractivity contribution in [2.75, 3.05) is 6.54 Å². The Balaban J connectivity index is 1.52. The number of aryl methyl sites for hydroxylation is 1. The van der Waals surface area contributed by atoms with E-state index in [4.69, 9.17) is 0 Å². The quantitative estimate of drug-likeness (QED) is 0.446. The van der Waals surface area contributed by atoms with Gasteiger partial charge in [0.05, 0.1) is 22.0 Å². The zero-order valence-corrected chi connectivity index (χ0v) is 18.7. The first kappa shape index (κ1) is 22.0. The van der Waals surface area contributed by atoms with E-state index in [0.29, 0.717) is 5.69 Å². The summed E-state index contributed by atoms with van der Waals surface area (Å²) in [6.45, 7) is 1.87. The largest absolute Gasteiger partial charge is 0.268 e. The number of sulfonamides is 1. The third-order valence-corrected chi connectivity index (χ3v) is 7.36. The van der Waals surface area contributed by atoms with Crippen LogP contribution in [0.3, 0.4) is 0 Å². The number of benzene rings is 2. The Labute approximate surface area is 188 Å². The van der Waals surface area contributed by atoms with Crippen LogP contribution in [0.4, 0.5) is 4.39 Å². The molecule has 0 saturated heterocycles. The number of rotatable bonds is 7. The Kier molecular flexibility index (Phi) is 6.26. The van der Waals surface area contributed by atoms with Gasteiger partial charge in [0.1, 0.15) is 16.5 Å². The molecule has 7 nitrogen and oxygen atoms in total. The number of nitrogens with one attached hydrogen (secondary N) is 1. The van der Waals surface area contributed by atoms with E-state index in [1.807, 2.05) is 37.3 Å². The molecular formula is C22H19FN4O3S2. The van der Waals surface area contributed by atoms with Crippen molar-refractivity contribution in [3.8, 4) is 21.1 Å². The van der Waals surface area contributed by atoms with Gasteiger partial charge in [-0.1, -0.05) is 30.3 Å². The number of aromatic nitrogens is 3. The predicted octanol–water partition coefficient (Wildman–Crippen LogP) is 3.46. The highest BCUT2D eigenvalue weighted by Gasteiger charge is 2.15. The molecule has 2 aromatic heterocycles. The standard InChI is InChI=1S/C22H19FN4O3S2/c1-15-21(31-22(25-15)16-5-3-2-4-6-16)19-11-12-20(28)27(26-19)14-13-24-32(29,30)18-9-7-17(23)8-10-18/h2-12,24H,13-14H2,1H3. The number of halogens is 1. The molecule has 0 spiro atoms. The molecule has 10 heteroatoms. The Hall–Kier alpha value is -3.21. The van der Waals surface area contributed by atoms with Gasteiger partial charge in [0, 0.05) is 18.2 Å². The maximum absolute atomic E-state index is 13.0. The van der Waals surface area contributed by atoms with E-state index in [-0.39, 0.29) is 23.5 Å². The molecule has 4 rings (SSSR count). The topological polar surface area (TPSA) is 94.0 Å². The molecule has 0 saturated carbocycles. The minimum Gasteiger partial charge on any atom is -0.268 e. The van der Waals surface area contributed by atoms with E-state index >= 15 is 0 Å². The highest BCUT2D eigenvalue weighted by Crippen LogP contribution is 2.33. The number of hydrogen-bond acceptors (Lipinski definition) is 6. The average Bonchev–Trinajstić information content (AvgIpc) is 3.17. The lowest BCUT2D eigenvalue weighted by Crippen LogP contribution is -2.32. The fourth-order valence-corrected chi connectivity index (χ4v) is 5.11. The first-order chi connectivity index (χ1) is 15.3. The van der Waals surface area contributed by atoms with Crippen LogP contribution in [0.2, 0.25) is 0 Å². The lowest BCUT2D eigenvalue weighted by Gasteiger charge is -2.09. The van der Waals surface area contributed by atoms with Crippen molar-refractivity contribution in [2.45, 2.75) is 18.4 Å². The number of thiazole rings is 1. The first-order valence-corrected chi connectivity index (χ1v) is 12.0. The maximum atomic E-state index is 13.0. The van der Waals surface area contributed by atoms with Crippen LogP contribution in [-0.2, 0) is 16.6 Å². The van der Waals surface area contributed by atoms with Crippen LogP contribution >= 0.6 is 11.3 Å². The fraction of sp³-hybridized carbons (Fsp3) is 0.136. The molecule has 0 aliphatic carbocycles. The van der Waals surface area contributed by atoms with Crippen molar-refractivity contribution in [3.05, 3.63) is 88.6 Å². The third kappa shape index (κ3) is 4.82. The minimum atomic E-state index is -3.82. The smallest absolute Gasteiger partial charge is 0.266 e. The summed E-state index contributed by atoms with van der Waals surface area (Å²) in [5.41, 5.74) is 2.03. The van der Waals surface area contributed by atoms with Gasteiger partial charge in [0.15, 0.2) is 0 Å². The van der Waals surface area contributed by atoms with Gasteiger partial charge >= 0.3 is 0 Å². The van der Waals surface area contributed by atoms with Gasteiger partial charge in [-0.05, 0) is 37.3 Å². The molecule has 32 heavy (non-hydrogen) atoms. The molecule has 2 aromatic carbocycles. The molecule has 4 aromatic rings. The fourth-order valence-electron chi connectivity index (χ4n) is 3.05. The van der Waals surface area contributed by atoms with Crippen molar-refractivity contribution in [2.24, 2.45) is 0 Å². The van der Waals surface area contributed by atoms with Crippen molar-refractivity contribution in [1.29, 1.82) is 0 Å². The van der Waals surface area contributed by atoms with E-state index in [0.717, 1.165) is 33.3 Å². The second kappa shape index (κ2) is 9.11. The van der Waals surface area contributed by atoms with Crippen LogP contribution in [0.1, 0.15) is 5.69 Å². The van der Waals surface area contributed by atoms with Crippen LogP contribution in [0, 0.1) is 12.7 Å². The Morgan fingerprint density at radius 1 is 1.03 bits per heavy atom. The van der Waals surface area contributed by atoms with Gasteiger partial charge < -0.3 is 0 Å². The zero-order chi connectivity index (χ0) is 22.7. The molecule has 2 heterocycles. The average molecular weight is 471 g/mol. The minimum absolute atomic E-state index is 0.0382. The molecule has 0 amide bonds. The van der Waals surface area contributed by atoms with Crippen LogP contribution in [0.15, 0.2) is 76.4 Å². The second-order valence-electron chi connectivity index (χ2n) is 6.93. The van der Waals surface area contributed by atoms with Crippen LogP contribution in [-0.4, -0.2) is 29.7 Å². The summed E-state index contributed by atoms with van der Waals surface area (Å²) in [7, 11) is -3.82. The molecular weight excluding hydrogens is 451 g/mol. The molecule has 0 atom stereocenters. The van der Waals surface area contributed by atoms with E-state index < -0.39 is 15.8 Å². The van der Waals surface area contributed by atoms with E-state index in [9.17, 15) is 17.6 Å². The zero-order valence-electron chi connectivity index (χ0n) is 17.0. The second-order valence-corrected chi connectivity index (χ2v) is 9.70. The molecule has 0 aliphatic rings. The lowest BCUT2D eigenvalue weighted by molar-refractivity contribution is 0.548. The van der Waals surface area contributed by atoms with Crippen LogP contribution < -0.4 is 10.3 Å². The molecule has 0 unspecified atom stereocenters. The number of hydrogen-bond donors (Lipinski definition) is 1. The maximum Gasteiger partial charge on any atom is 0.266 e. The molecule has 0 bridgehead atoms. The van der Waals surface area contributed by atoms with Gasteiger partial charge in [-0.2, -0.15) is 5.10 Å². The Bertz CT molecular complexity index is 1400. The van der Waals surface area contributed by atoms with Crippen molar-refractivity contribution < 1.29 is 12.8 Å². The van der Waals surface area contributed by atoms with Crippen molar-refractivity contribution in [1.82, 2.24) is 19.5 Å². The molecule has 0 aliphatic heterocycles. The normalized spacial score (nSPS) is 11.6. The van der Waals surface area contributed by atoms with Gasteiger partial charge in [-0.3, -0.25) is 4.79 Å². The van der Waals surface area contributed by atoms with E-state index in [2.05, 4.69) is 14.8 Å². The Morgan fingerprint density at radius 3 is 2.47 bits per heavy atom. The highest BCUT2D eigenvalue weighted by atomic mass is 32.2. The van der Waals surface area contributed by atoms with Crippen LogP contribution in [0.25, 0.3) is 21.1 Å². The third-order valence-electron chi connectivity index (χ3n) is 4.66. The van der Waals surface area contributed by atoms with Gasteiger partial charge in [-0.15, -0.1) is 11.3 Å². The monoisotopic (exact) mass is 470 g/mol. The summed E-state index contributed by atoms with van der Waals surface area (Å²) >= 11 is 1.48. The first-order valence-electron chi connectivity index (χ1n) is 9.70. The summed E-state index contributed by atoms with van der Waals surface area (Å²) in [4.78, 5) is 17.6. The van der Waals surface area contributed by atoms with E-state index in [1.54, 1.807) is 6.07 Å². The van der Waals surface area contributed by atoms with Crippen LogP contribution in [0.5, 0.6) is 0 Å². The Morgan fingerprint density at radius 2 is 1.75 bits per heavy atom. The number of nitrogens with zero attached hydrogens (tertiary/aromatic N) is 3. The van der Waals surface area contributed by atoms with Crippen molar-refractivity contribution in [3.63, 3.8) is 0 Å². The summed E-state index contributed by atoms with van der Waals surface area (Å²) in [5.74, 6) is -0.523. The summed E-state index contributed by atoms with van der Waals surface area (Å²) in [5, 5.41) is 5.26. The highest BCUT2D eigenvalue weighted by molar-refractivity contribution is 7.89. The van der Waals surface area contributed by atoms with Gasteiger partial charge in [0.25, 0.3) is 5.56 Å². The molecule has 0 radical (unpaired) electrons. The molecule has 164 valence electrons. The predicted molar refractivity (Wildman–Crippen MR) is 121 cm³/mol. The van der Waals surface area contributed by atoms with Crippen molar-refractivity contribution >= 4 is 21.4 Å². The molecule has 1 N–H and O–H groups in total. The van der Waals surface area contributed by atoms with Gasteiger partial charge in [0.2, 0.25) is 10.0 Å². The van der Waals surface area contributed by atoms with Gasteiger partial charge in [-0.25, -0.2) is 27.2 Å². The summed E-state index contributed by atoms with van der Waals surface area (Å²) < 4.78 is 41.3. The van der Waals surface area contributed by atoms with E-state index in [1.165, 1.54) is 34.2 Å². The lowest BCUT2D eigenvalue weighted by atomic mass is 10.2.